The van der Waals surface area contributed by atoms with Crippen molar-refractivity contribution in [3.05, 3.63) is 138 Å². The molecule has 0 aliphatic carbocycles. The Labute approximate surface area is 311 Å². The van der Waals surface area contributed by atoms with Crippen LogP contribution in [0.2, 0.25) is 0 Å². The normalized spacial score (nSPS) is 12.0. The van der Waals surface area contributed by atoms with Crippen molar-refractivity contribution >= 4 is 43.7 Å². The predicted molar refractivity (Wildman–Crippen MR) is 204 cm³/mol. The number of aryl methyl sites for hydroxylation is 3. The first-order chi connectivity index (χ1) is 24.2. The molecule has 51 heavy (non-hydrogen) atoms. The maximum absolute atomic E-state index is 5.29. The van der Waals surface area contributed by atoms with E-state index in [0.717, 1.165) is 72.5 Å². The van der Waals surface area contributed by atoms with Gasteiger partial charge in [0.1, 0.15) is 11.5 Å². The number of hydrogen-bond acceptors (Lipinski definition) is 3. The van der Waals surface area contributed by atoms with Crippen molar-refractivity contribution in [3.63, 3.8) is 0 Å². The Morgan fingerprint density at radius 3 is 2.06 bits per heavy atom. The maximum Gasteiger partial charge on any atom is 2.00 e. The van der Waals surface area contributed by atoms with Crippen LogP contribution >= 0.6 is 0 Å². The minimum Gasteiger partial charge on any atom is -0.573 e. The van der Waals surface area contributed by atoms with E-state index >= 15 is 0 Å². The van der Waals surface area contributed by atoms with Gasteiger partial charge in [0.15, 0.2) is 0 Å². The molecule has 0 unspecified atom stereocenters. The van der Waals surface area contributed by atoms with Gasteiger partial charge in [0.2, 0.25) is 0 Å². The van der Waals surface area contributed by atoms with Gasteiger partial charge >= 0.3 is 21.1 Å². The SMILES string of the molecule is Cc1cc(C)c(-c2cc(-c3ccc4c5ccccc5n(-c5[c-]c6c(cc5)c5ccccc5n6-c5cc(C(C)(C)C)ccn5)c4n3)[n-]n2)c(C)c1.[Pt+2]. The number of rotatable bonds is 4. The van der Waals surface area contributed by atoms with Gasteiger partial charge in [-0.1, -0.05) is 91.8 Å². The molecule has 9 aromatic rings. The standard InChI is InChI=1S/C44H36N6.Pt/c1-26-21-27(2)42(28(3)22-26)37-25-36(47-48-37)35-18-17-34-32-12-8-9-13-38(32)49(43(34)46-35)30-15-16-33-31-11-7-10-14-39(31)50(40(33)24-30)41-23-29(19-20-45-41)44(4,5)6;/h7-23,25H,1-6H3;/q-2;+2. The Morgan fingerprint density at radius 2 is 1.33 bits per heavy atom. The molecule has 0 N–H and O–H groups in total. The van der Waals surface area contributed by atoms with Crippen LogP contribution < -0.4 is 5.10 Å². The summed E-state index contributed by atoms with van der Waals surface area (Å²) in [6.45, 7) is 13.1. The molecule has 0 aliphatic rings. The summed E-state index contributed by atoms with van der Waals surface area (Å²) in [5.74, 6) is 0.879. The van der Waals surface area contributed by atoms with Crippen molar-refractivity contribution in [2.75, 3.05) is 0 Å². The second kappa shape index (κ2) is 12.2. The molecule has 0 saturated carbocycles. The molecular weight excluding hydrogens is 808 g/mol. The van der Waals surface area contributed by atoms with Crippen molar-refractivity contribution < 1.29 is 21.1 Å². The van der Waals surface area contributed by atoms with Gasteiger partial charge in [-0.25, -0.2) is 9.97 Å². The summed E-state index contributed by atoms with van der Waals surface area (Å²) < 4.78 is 4.46. The molecule has 9 rings (SSSR count). The van der Waals surface area contributed by atoms with E-state index < -0.39 is 0 Å². The van der Waals surface area contributed by atoms with Crippen molar-refractivity contribution in [2.24, 2.45) is 0 Å². The van der Waals surface area contributed by atoms with Crippen molar-refractivity contribution in [2.45, 2.75) is 47.0 Å². The quantitative estimate of drug-likeness (QED) is 0.166. The van der Waals surface area contributed by atoms with Crippen LogP contribution in [0.15, 0.2) is 109 Å². The molecule has 0 fully saturated rings. The average Bonchev–Trinajstić information content (AvgIpc) is 3.80. The second-order valence-corrected chi connectivity index (χ2v) is 14.4. The molecule has 0 bridgehead atoms. The number of hydrogen-bond donors (Lipinski definition) is 0. The zero-order valence-corrected chi connectivity index (χ0v) is 31.7. The zero-order chi connectivity index (χ0) is 34.3. The summed E-state index contributed by atoms with van der Waals surface area (Å²) in [6.07, 6.45) is 1.91. The van der Waals surface area contributed by atoms with E-state index in [1.165, 1.54) is 27.6 Å². The molecule has 4 aromatic carbocycles. The molecule has 0 spiro atoms. The van der Waals surface area contributed by atoms with Gasteiger partial charge in [-0.15, -0.1) is 17.5 Å². The van der Waals surface area contributed by atoms with E-state index in [-0.39, 0.29) is 26.5 Å². The number of para-hydroxylation sites is 2. The minimum absolute atomic E-state index is 0. The van der Waals surface area contributed by atoms with Gasteiger partial charge in [0, 0.05) is 33.7 Å². The Morgan fingerprint density at radius 1 is 0.667 bits per heavy atom. The maximum atomic E-state index is 5.29. The zero-order valence-electron chi connectivity index (χ0n) is 29.4. The van der Waals surface area contributed by atoms with E-state index in [4.69, 9.17) is 9.97 Å². The predicted octanol–water partition coefficient (Wildman–Crippen LogP) is 10.4. The third-order valence-electron chi connectivity index (χ3n) is 9.91. The van der Waals surface area contributed by atoms with E-state index in [1.54, 1.807) is 0 Å². The number of aromatic nitrogens is 6. The fourth-order valence-electron chi connectivity index (χ4n) is 7.61. The molecule has 7 heteroatoms. The van der Waals surface area contributed by atoms with Crippen LogP contribution in [0, 0.1) is 26.8 Å². The number of benzene rings is 4. The Balaban J connectivity index is 0.00000374. The van der Waals surface area contributed by atoms with Crippen LogP contribution in [-0.2, 0) is 26.5 Å². The summed E-state index contributed by atoms with van der Waals surface area (Å²) in [6, 6.07) is 40.2. The molecule has 0 atom stereocenters. The van der Waals surface area contributed by atoms with Gasteiger partial charge in [-0.05, 0) is 90.7 Å². The summed E-state index contributed by atoms with van der Waals surface area (Å²) in [5, 5.41) is 13.7. The first-order valence-corrected chi connectivity index (χ1v) is 17.1. The summed E-state index contributed by atoms with van der Waals surface area (Å²) >= 11 is 0. The third-order valence-corrected chi connectivity index (χ3v) is 9.91. The number of nitrogens with zero attached hydrogens (tertiary/aromatic N) is 6. The van der Waals surface area contributed by atoms with E-state index in [9.17, 15) is 0 Å². The molecule has 0 aliphatic heterocycles. The molecule has 0 saturated heterocycles. The van der Waals surface area contributed by atoms with Gasteiger partial charge in [-0.3, -0.25) is 0 Å². The van der Waals surface area contributed by atoms with Crippen molar-refractivity contribution in [1.82, 2.24) is 29.3 Å². The first kappa shape index (κ1) is 32.9. The van der Waals surface area contributed by atoms with Gasteiger partial charge in [-0.2, -0.15) is 6.07 Å². The van der Waals surface area contributed by atoms with E-state index in [0.29, 0.717) is 0 Å². The average molecular weight is 844 g/mol. The van der Waals surface area contributed by atoms with Crippen LogP contribution in [-0.4, -0.2) is 24.2 Å². The van der Waals surface area contributed by atoms with Crippen LogP contribution in [0.1, 0.15) is 43.0 Å². The molecule has 0 radical (unpaired) electrons. The van der Waals surface area contributed by atoms with Crippen LogP contribution in [0.4, 0.5) is 0 Å². The van der Waals surface area contributed by atoms with Crippen LogP contribution in [0.5, 0.6) is 0 Å². The minimum atomic E-state index is -0.0116. The molecule has 0 amide bonds. The fourth-order valence-corrected chi connectivity index (χ4v) is 7.61. The third kappa shape index (κ3) is 5.32. The summed E-state index contributed by atoms with van der Waals surface area (Å²) in [4.78, 5) is 10.2. The van der Waals surface area contributed by atoms with Gasteiger partial charge in [0.05, 0.1) is 11.2 Å². The van der Waals surface area contributed by atoms with Gasteiger partial charge in [0.25, 0.3) is 0 Å². The summed E-state index contributed by atoms with van der Waals surface area (Å²) in [5.41, 5.74) is 13.3. The van der Waals surface area contributed by atoms with Crippen LogP contribution in [0.3, 0.4) is 0 Å². The topological polar surface area (TPSA) is 62.6 Å². The number of pyridine rings is 2. The summed E-state index contributed by atoms with van der Waals surface area (Å²) in [7, 11) is 0. The second-order valence-electron chi connectivity index (χ2n) is 14.4. The van der Waals surface area contributed by atoms with E-state index in [1.807, 2.05) is 6.20 Å². The Kier molecular flexibility index (Phi) is 7.84. The molecule has 5 aromatic heterocycles. The van der Waals surface area contributed by atoms with Crippen molar-refractivity contribution in [3.8, 4) is 34.2 Å². The van der Waals surface area contributed by atoms with Crippen molar-refractivity contribution in [1.29, 1.82) is 0 Å². The van der Waals surface area contributed by atoms with Crippen LogP contribution in [0.25, 0.3) is 77.9 Å². The molecule has 5 heterocycles. The van der Waals surface area contributed by atoms with Gasteiger partial charge < -0.3 is 19.3 Å². The van der Waals surface area contributed by atoms with E-state index in [2.05, 4.69) is 170 Å². The molecule has 252 valence electrons. The Bertz CT molecular complexity index is 2770. The fraction of sp³-hybridized carbons (Fsp3) is 0.159. The number of fused-ring (bicyclic) bond motifs is 6. The smallest absolute Gasteiger partial charge is 0.573 e. The Hall–Kier alpha value is -5.32. The first-order valence-electron chi connectivity index (χ1n) is 17.1. The monoisotopic (exact) mass is 843 g/mol. The molecular formula is C44H36N6Pt. The largest absolute Gasteiger partial charge is 2.00 e. The molecule has 6 nitrogen and oxygen atoms in total.